The average molecular weight is 539 g/mol. The first-order valence-electron chi connectivity index (χ1n) is 10.5. The SMILES string of the molecule is N=C1/C(=C/c2cc(Cl)ccc2OCCOCCOc2ccccc2)C(=O)N=C2SC(C(F)(F)F)=NN12. The first-order valence-corrected chi connectivity index (χ1v) is 11.7. The van der Waals surface area contributed by atoms with Gasteiger partial charge in [0.2, 0.25) is 10.2 Å². The van der Waals surface area contributed by atoms with Crippen molar-refractivity contribution in [2.45, 2.75) is 6.18 Å². The van der Waals surface area contributed by atoms with Gasteiger partial charge in [-0.3, -0.25) is 10.2 Å². The number of hydrogen-bond donors (Lipinski definition) is 1. The van der Waals surface area contributed by atoms with Crippen LogP contribution in [-0.4, -0.2) is 59.6 Å². The minimum absolute atomic E-state index is 0.166. The van der Waals surface area contributed by atoms with Crippen molar-refractivity contribution in [3.63, 3.8) is 0 Å². The van der Waals surface area contributed by atoms with E-state index < -0.39 is 23.0 Å². The van der Waals surface area contributed by atoms with E-state index in [0.717, 1.165) is 5.75 Å². The summed E-state index contributed by atoms with van der Waals surface area (Å²) in [6, 6.07) is 14.0. The summed E-state index contributed by atoms with van der Waals surface area (Å²) < 4.78 is 55.8. The Morgan fingerprint density at radius 3 is 2.50 bits per heavy atom. The quantitative estimate of drug-likeness (QED) is 0.357. The van der Waals surface area contributed by atoms with Crippen molar-refractivity contribution in [1.29, 1.82) is 5.41 Å². The van der Waals surface area contributed by atoms with Gasteiger partial charge in [-0.25, -0.2) is 0 Å². The topological polar surface area (TPSA) is 96.6 Å². The summed E-state index contributed by atoms with van der Waals surface area (Å²) in [5, 5.41) is 11.1. The second kappa shape index (κ2) is 11.1. The number of hydrazone groups is 1. The van der Waals surface area contributed by atoms with Gasteiger partial charge >= 0.3 is 6.18 Å². The van der Waals surface area contributed by atoms with Crippen LogP contribution in [0, 0.1) is 5.41 Å². The van der Waals surface area contributed by atoms with Crippen LogP contribution < -0.4 is 9.47 Å². The van der Waals surface area contributed by atoms with Gasteiger partial charge in [0, 0.05) is 10.6 Å². The zero-order valence-electron chi connectivity index (χ0n) is 18.4. The van der Waals surface area contributed by atoms with Gasteiger partial charge in [0.15, 0.2) is 5.84 Å². The van der Waals surface area contributed by atoms with Crippen molar-refractivity contribution < 1.29 is 32.2 Å². The molecule has 0 aromatic heterocycles. The zero-order chi connectivity index (χ0) is 25.7. The molecule has 1 amide bonds. The molecule has 2 aliphatic rings. The molecule has 188 valence electrons. The average Bonchev–Trinajstić information content (AvgIpc) is 3.28. The lowest BCUT2D eigenvalue weighted by Gasteiger charge is -2.20. The van der Waals surface area contributed by atoms with Crippen LogP contribution in [0.25, 0.3) is 6.08 Å². The summed E-state index contributed by atoms with van der Waals surface area (Å²) in [4.78, 5) is 16.1. The van der Waals surface area contributed by atoms with Crippen molar-refractivity contribution in [3.8, 4) is 11.5 Å². The van der Waals surface area contributed by atoms with E-state index in [-0.39, 0.29) is 35.7 Å². The van der Waals surface area contributed by atoms with Crippen molar-refractivity contribution >= 4 is 51.4 Å². The Labute approximate surface area is 212 Å². The van der Waals surface area contributed by atoms with E-state index in [1.807, 2.05) is 30.3 Å². The minimum Gasteiger partial charge on any atom is -0.491 e. The fourth-order valence-electron chi connectivity index (χ4n) is 3.07. The third kappa shape index (κ3) is 6.25. The Hall–Kier alpha value is -3.35. The fourth-order valence-corrected chi connectivity index (χ4v) is 4.01. The third-order valence-electron chi connectivity index (χ3n) is 4.69. The van der Waals surface area contributed by atoms with Crippen LogP contribution in [-0.2, 0) is 9.53 Å². The molecule has 36 heavy (non-hydrogen) atoms. The van der Waals surface area contributed by atoms with Gasteiger partial charge in [-0.05, 0) is 48.2 Å². The minimum atomic E-state index is -4.72. The fraction of sp³-hybridized carbons (Fsp3) is 0.217. The van der Waals surface area contributed by atoms with Gasteiger partial charge < -0.3 is 14.2 Å². The highest BCUT2D eigenvalue weighted by Crippen LogP contribution is 2.36. The number of rotatable bonds is 9. The Kier molecular flexibility index (Phi) is 7.97. The van der Waals surface area contributed by atoms with Crippen molar-refractivity contribution in [3.05, 3.63) is 64.7 Å². The highest BCUT2D eigenvalue weighted by atomic mass is 35.5. The molecule has 2 aliphatic heterocycles. The first kappa shape index (κ1) is 25.7. The first-order chi connectivity index (χ1) is 17.2. The number of ether oxygens (including phenoxy) is 3. The van der Waals surface area contributed by atoms with Gasteiger partial charge in [0.05, 0.1) is 18.8 Å². The van der Waals surface area contributed by atoms with Crippen molar-refractivity contribution in [2.24, 2.45) is 10.1 Å². The van der Waals surface area contributed by atoms with E-state index >= 15 is 0 Å². The van der Waals surface area contributed by atoms with Crippen LogP contribution in [0.2, 0.25) is 5.02 Å². The second-order valence-corrected chi connectivity index (χ2v) is 8.62. The molecule has 0 radical (unpaired) electrons. The molecule has 0 bridgehead atoms. The summed E-state index contributed by atoms with van der Waals surface area (Å²) in [6.07, 6.45) is -3.44. The van der Waals surface area contributed by atoms with E-state index in [1.54, 1.807) is 12.1 Å². The standard InChI is InChI=1S/C23H18ClF3N4O4S/c24-15-6-7-18(35-11-9-33-8-10-34-16-4-2-1-3-5-16)14(12-15)13-17-19(28)31-22(29-20(17)32)36-21(30-31)23(25,26)27/h1-7,12-13,28H,8-11H2/b17-13-,28-19?. The van der Waals surface area contributed by atoms with Crippen molar-refractivity contribution in [1.82, 2.24) is 5.01 Å². The summed E-state index contributed by atoms with van der Waals surface area (Å²) >= 11 is 6.27. The number of halogens is 4. The second-order valence-electron chi connectivity index (χ2n) is 7.23. The summed E-state index contributed by atoms with van der Waals surface area (Å²) in [5.41, 5.74) is 0.0847. The lowest BCUT2D eigenvalue weighted by molar-refractivity contribution is -0.114. The van der Waals surface area contributed by atoms with Crippen LogP contribution >= 0.6 is 23.4 Å². The molecule has 13 heteroatoms. The van der Waals surface area contributed by atoms with Gasteiger partial charge in [-0.1, -0.05) is 29.8 Å². The molecule has 8 nitrogen and oxygen atoms in total. The number of fused-ring (bicyclic) bond motifs is 1. The van der Waals surface area contributed by atoms with E-state index in [0.29, 0.717) is 34.6 Å². The number of thioether (sulfide) groups is 1. The summed E-state index contributed by atoms with van der Waals surface area (Å²) in [6.45, 7) is 1.12. The molecule has 0 aliphatic carbocycles. The lowest BCUT2D eigenvalue weighted by Crippen LogP contribution is -2.35. The highest BCUT2D eigenvalue weighted by molar-refractivity contribution is 8.27. The Bertz CT molecular complexity index is 1250. The number of alkyl halides is 3. The van der Waals surface area contributed by atoms with Crippen LogP contribution in [0.4, 0.5) is 13.2 Å². The largest absolute Gasteiger partial charge is 0.491 e. The maximum absolute atomic E-state index is 13.0. The number of amidine groups is 2. The van der Waals surface area contributed by atoms with Gasteiger partial charge in [0.1, 0.15) is 24.7 Å². The number of carbonyl (C=O) groups is 1. The number of nitrogens with zero attached hydrogens (tertiary/aromatic N) is 3. The Morgan fingerprint density at radius 1 is 1.06 bits per heavy atom. The smallest absolute Gasteiger partial charge is 0.441 e. The molecule has 0 spiro atoms. The van der Waals surface area contributed by atoms with Gasteiger partial charge in [-0.15, -0.1) is 0 Å². The molecule has 2 heterocycles. The molecule has 0 saturated carbocycles. The van der Waals surface area contributed by atoms with Gasteiger partial charge in [-0.2, -0.15) is 28.3 Å². The van der Waals surface area contributed by atoms with Crippen LogP contribution in [0.1, 0.15) is 5.56 Å². The predicted molar refractivity (Wildman–Crippen MR) is 131 cm³/mol. The predicted octanol–water partition coefficient (Wildman–Crippen LogP) is 5.00. The lowest BCUT2D eigenvalue weighted by atomic mass is 10.1. The van der Waals surface area contributed by atoms with Gasteiger partial charge in [0.25, 0.3) is 5.91 Å². The molecule has 0 atom stereocenters. The number of carbonyl (C=O) groups excluding carboxylic acids is 1. The van der Waals surface area contributed by atoms with Crippen LogP contribution in [0.3, 0.4) is 0 Å². The maximum Gasteiger partial charge on any atom is 0.441 e. The molecule has 0 unspecified atom stereocenters. The Balaban J connectivity index is 1.38. The summed E-state index contributed by atoms with van der Waals surface area (Å²) in [7, 11) is 0. The maximum atomic E-state index is 13.0. The highest BCUT2D eigenvalue weighted by Gasteiger charge is 2.46. The van der Waals surface area contributed by atoms with Crippen molar-refractivity contribution in [2.75, 3.05) is 26.4 Å². The third-order valence-corrected chi connectivity index (χ3v) is 5.88. The summed E-state index contributed by atoms with van der Waals surface area (Å²) in [5.74, 6) is -0.334. The van der Waals surface area contributed by atoms with E-state index in [9.17, 15) is 18.0 Å². The number of benzene rings is 2. The number of aliphatic imine (C=N–C) groups is 1. The molecule has 0 saturated heterocycles. The Morgan fingerprint density at radius 2 is 1.78 bits per heavy atom. The molecule has 2 aromatic rings. The monoisotopic (exact) mass is 538 g/mol. The molecular formula is C23H18ClF3N4O4S. The van der Waals surface area contributed by atoms with E-state index in [2.05, 4.69) is 10.1 Å². The molecule has 4 rings (SSSR count). The number of hydrogen-bond acceptors (Lipinski definition) is 7. The number of para-hydroxylation sites is 1. The van der Waals surface area contributed by atoms with Crippen LogP contribution in [0.5, 0.6) is 11.5 Å². The number of nitrogens with one attached hydrogen (secondary N) is 1. The normalized spacial score (nSPS) is 16.7. The molecule has 0 fully saturated rings. The molecule has 2 aromatic carbocycles. The molecular weight excluding hydrogens is 521 g/mol. The van der Waals surface area contributed by atoms with E-state index in [4.69, 9.17) is 31.2 Å². The number of amides is 1. The van der Waals surface area contributed by atoms with E-state index in [1.165, 1.54) is 12.1 Å². The molecule has 1 N–H and O–H groups in total. The zero-order valence-corrected chi connectivity index (χ0v) is 20.0. The van der Waals surface area contributed by atoms with Crippen LogP contribution in [0.15, 0.2) is 64.2 Å².